The summed E-state index contributed by atoms with van der Waals surface area (Å²) in [6.45, 7) is 0. The summed E-state index contributed by atoms with van der Waals surface area (Å²) in [6.07, 6.45) is 2.51. The lowest BCUT2D eigenvalue weighted by molar-refractivity contribution is -0.131. The molecule has 0 aliphatic rings. The molecule has 0 bridgehead atoms. The second kappa shape index (κ2) is 8.17. The highest BCUT2D eigenvalue weighted by Gasteiger charge is 1.94. The summed E-state index contributed by atoms with van der Waals surface area (Å²) in [5.74, 6) is -0.504. The van der Waals surface area contributed by atoms with Crippen molar-refractivity contribution in [2.24, 2.45) is 0 Å². The van der Waals surface area contributed by atoms with Crippen molar-refractivity contribution in [1.29, 1.82) is 0 Å². The molecule has 0 aliphatic heterocycles. The van der Waals surface area contributed by atoms with Gasteiger partial charge in [0, 0.05) is 10.5 Å². The summed E-state index contributed by atoms with van der Waals surface area (Å²) in [5.41, 5.74) is 0.746. The number of aromatic hydroxyl groups is 2. The predicted molar refractivity (Wildman–Crippen MR) is 98.1 cm³/mol. The second-order valence-corrected chi connectivity index (χ2v) is 5.85. The molecule has 0 radical (unpaired) electrons. The second-order valence-electron chi connectivity index (χ2n) is 4.94. The van der Waals surface area contributed by atoms with E-state index < -0.39 is 5.97 Å². The Balaban J connectivity index is 0.000000174. The van der Waals surface area contributed by atoms with E-state index in [1.54, 1.807) is 24.3 Å². The summed E-state index contributed by atoms with van der Waals surface area (Å²) in [5, 5.41) is 28.6. The van der Waals surface area contributed by atoms with Crippen molar-refractivity contribution in [2.45, 2.75) is 0 Å². The Kier molecular flexibility index (Phi) is 5.98. The minimum absolute atomic E-state index is 0.169. The van der Waals surface area contributed by atoms with Crippen molar-refractivity contribution in [2.75, 3.05) is 0 Å². The van der Waals surface area contributed by atoms with Crippen LogP contribution in [0.25, 0.3) is 16.8 Å². The lowest BCUT2D eigenvalue weighted by Crippen LogP contribution is -1.85. The molecule has 4 nitrogen and oxygen atoms in total. The Morgan fingerprint density at radius 1 is 0.833 bits per heavy atom. The molecule has 0 fully saturated rings. The molecule has 3 aromatic carbocycles. The molecular formula is C19H15BrO4. The number of benzene rings is 3. The Bertz CT molecular complexity index is 829. The zero-order chi connectivity index (χ0) is 17.5. The van der Waals surface area contributed by atoms with Crippen molar-refractivity contribution < 1.29 is 20.1 Å². The van der Waals surface area contributed by atoms with E-state index in [0.717, 1.165) is 26.9 Å². The first-order chi connectivity index (χ1) is 11.4. The van der Waals surface area contributed by atoms with Crippen LogP contribution in [0.1, 0.15) is 5.56 Å². The Morgan fingerprint density at radius 2 is 1.42 bits per heavy atom. The molecule has 3 aromatic rings. The van der Waals surface area contributed by atoms with Crippen molar-refractivity contribution in [1.82, 2.24) is 0 Å². The topological polar surface area (TPSA) is 77.8 Å². The van der Waals surface area contributed by atoms with Gasteiger partial charge in [-0.3, -0.25) is 0 Å². The number of rotatable bonds is 2. The number of phenolic OH excluding ortho intramolecular Hbond substituents is 2. The van der Waals surface area contributed by atoms with Gasteiger partial charge in [-0.25, -0.2) is 4.79 Å². The number of carboxylic acids is 1. The van der Waals surface area contributed by atoms with Crippen molar-refractivity contribution in [3.8, 4) is 11.5 Å². The average molecular weight is 387 g/mol. The van der Waals surface area contributed by atoms with Crippen molar-refractivity contribution >= 4 is 38.7 Å². The van der Waals surface area contributed by atoms with E-state index in [1.807, 2.05) is 24.3 Å². The third-order valence-electron chi connectivity index (χ3n) is 3.10. The Labute approximate surface area is 147 Å². The first-order valence-corrected chi connectivity index (χ1v) is 7.82. The monoisotopic (exact) mass is 386 g/mol. The van der Waals surface area contributed by atoms with Crippen LogP contribution in [0.5, 0.6) is 11.5 Å². The van der Waals surface area contributed by atoms with Crippen LogP contribution in [-0.2, 0) is 4.79 Å². The number of hydrogen-bond donors (Lipinski definition) is 3. The van der Waals surface area contributed by atoms with Gasteiger partial charge in [-0.05, 0) is 58.8 Å². The lowest BCUT2D eigenvalue weighted by atomic mass is 10.1. The maximum atomic E-state index is 10.1. The van der Waals surface area contributed by atoms with Crippen LogP contribution in [0.15, 0.2) is 71.2 Å². The zero-order valence-corrected chi connectivity index (χ0v) is 14.1. The van der Waals surface area contributed by atoms with Crippen LogP contribution in [0.2, 0.25) is 0 Å². The molecule has 0 unspecified atom stereocenters. The fourth-order valence-electron chi connectivity index (χ4n) is 1.96. The van der Waals surface area contributed by atoms with E-state index in [9.17, 15) is 9.90 Å². The van der Waals surface area contributed by atoms with Crippen LogP contribution in [0, 0.1) is 0 Å². The van der Waals surface area contributed by atoms with Gasteiger partial charge < -0.3 is 15.3 Å². The minimum atomic E-state index is -0.983. The van der Waals surface area contributed by atoms with Gasteiger partial charge in [0.1, 0.15) is 11.5 Å². The molecule has 0 aliphatic carbocycles. The predicted octanol–water partition coefficient (Wildman–Crippen LogP) is 4.80. The van der Waals surface area contributed by atoms with Crippen molar-refractivity contribution in [3.05, 3.63) is 76.8 Å². The van der Waals surface area contributed by atoms with Gasteiger partial charge in [-0.1, -0.05) is 40.2 Å². The largest absolute Gasteiger partial charge is 0.508 e. The number of hydrogen-bond acceptors (Lipinski definition) is 3. The molecule has 3 N–H and O–H groups in total. The van der Waals surface area contributed by atoms with Crippen LogP contribution in [-0.4, -0.2) is 21.3 Å². The fraction of sp³-hybridized carbons (Fsp3) is 0. The third kappa shape index (κ3) is 5.44. The first-order valence-electron chi connectivity index (χ1n) is 7.02. The third-order valence-corrected chi connectivity index (χ3v) is 3.59. The van der Waals surface area contributed by atoms with Crippen LogP contribution < -0.4 is 0 Å². The molecule has 0 saturated carbocycles. The summed E-state index contributed by atoms with van der Waals surface area (Å²) in [6, 6.07) is 17.6. The molecule has 0 heterocycles. The van der Waals surface area contributed by atoms with Gasteiger partial charge in [0.15, 0.2) is 0 Å². The average Bonchev–Trinajstić information content (AvgIpc) is 2.55. The van der Waals surface area contributed by atoms with Crippen LogP contribution in [0.4, 0.5) is 0 Å². The van der Waals surface area contributed by atoms with E-state index in [4.69, 9.17) is 10.2 Å². The molecule has 3 rings (SSSR count). The standard InChI is InChI=1S/C10H7BrO.C9H8O3/c11-9-3-1-8-6-10(12)4-2-7(8)5-9;10-8-4-1-7(2-5-8)3-6-9(11)12/h1-6,12H;1-6,10H,(H,11,12). The Morgan fingerprint density at radius 3 is 2.08 bits per heavy atom. The smallest absolute Gasteiger partial charge is 0.328 e. The minimum Gasteiger partial charge on any atom is -0.508 e. The van der Waals surface area contributed by atoms with Gasteiger partial charge in [0.2, 0.25) is 0 Å². The van der Waals surface area contributed by atoms with E-state index in [1.165, 1.54) is 18.2 Å². The summed E-state index contributed by atoms with van der Waals surface area (Å²) < 4.78 is 1.06. The van der Waals surface area contributed by atoms with Gasteiger partial charge in [0.25, 0.3) is 0 Å². The SMILES string of the molecule is O=C(O)C=Cc1ccc(O)cc1.Oc1ccc2cc(Br)ccc2c1. The first kappa shape index (κ1) is 17.6. The molecule has 5 heteroatoms. The highest BCUT2D eigenvalue weighted by atomic mass is 79.9. The fourth-order valence-corrected chi connectivity index (χ4v) is 2.34. The van der Waals surface area contributed by atoms with E-state index in [2.05, 4.69) is 15.9 Å². The molecule has 0 amide bonds. The van der Waals surface area contributed by atoms with Crippen LogP contribution in [0.3, 0.4) is 0 Å². The summed E-state index contributed by atoms with van der Waals surface area (Å²) >= 11 is 3.39. The normalized spacial score (nSPS) is 10.4. The molecule has 24 heavy (non-hydrogen) atoms. The van der Waals surface area contributed by atoms with E-state index in [-0.39, 0.29) is 5.75 Å². The number of carboxylic acid groups (broad SMARTS) is 1. The highest BCUT2D eigenvalue weighted by Crippen LogP contribution is 2.23. The number of phenols is 2. The number of carbonyl (C=O) groups is 1. The van der Waals surface area contributed by atoms with E-state index >= 15 is 0 Å². The zero-order valence-electron chi connectivity index (χ0n) is 12.6. The van der Waals surface area contributed by atoms with Crippen molar-refractivity contribution in [3.63, 3.8) is 0 Å². The lowest BCUT2D eigenvalue weighted by Gasteiger charge is -1.98. The molecule has 0 aromatic heterocycles. The molecule has 0 spiro atoms. The number of fused-ring (bicyclic) bond motifs is 1. The van der Waals surface area contributed by atoms with Gasteiger partial charge in [0.05, 0.1) is 0 Å². The van der Waals surface area contributed by atoms with E-state index in [0.29, 0.717) is 5.75 Å². The molecular weight excluding hydrogens is 372 g/mol. The number of halogens is 1. The molecule has 0 atom stereocenters. The molecule has 0 saturated heterocycles. The van der Waals surface area contributed by atoms with Gasteiger partial charge >= 0.3 is 5.97 Å². The van der Waals surface area contributed by atoms with Gasteiger partial charge in [-0.2, -0.15) is 0 Å². The Hall–Kier alpha value is -2.79. The number of aliphatic carboxylic acids is 1. The highest BCUT2D eigenvalue weighted by molar-refractivity contribution is 9.10. The molecule has 122 valence electrons. The van der Waals surface area contributed by atoms with Gasteiger partial charge in [-0.15, -0.1) is 0 Å². The maximum Gasteiger partial charge on any atom is 0.328 e. The maximum absolute atomic E-state index is 10.1. The summed E-state index contributed by atoms with van der Waals surface area (Å²) in [7, 11) is 0. The summed E-state index contributed by atoms with van der Waals surface area (Å²) in [4.78, 5) is 10.1. The van der Waals surface area contributed by atoms with Crippen LogP contribution >= 0.6 is 15.9 Å². The quantitative estimate of drug-likeness (QED) is 0.552.